The van der Waals surface area contributed by atoms with Crippen LogP contribution in [-0.2, 0) is 20.7 Å². The van der Waals surface area contributed by atoms with Crippen LogP contribution in [0.3, 0.4) is 0 Å². The number of amides is 2. The Hall–Kier alpha value is -3.39. The van der Waals surface area contributed by atoms with Gasteiger partial charge in [0, 0.05) is 29.2 Å². The van der Waals surface area contributed by atoms with Crippen molar-refractivity contribution < 1.29 is 14.3 Å². The van der Waals surface area contributed by atoms with Crippen molar-refractivity contribution in [3.05, 3.63) is 48.0 Å². The number of carbonyl (C=O) groups is 2. The fraction of sp³-hybridized carbons (Fsp3) is 0.375. The number of nitrogens with two attached hydrogens (primary N) is 1. The van der Waals surface area contributed by atoms with Gasteiger partial charge in [0.2, 0.25) is 5.91 Å². The zero-order chi connectivity index (χ0) is 22.7. The molecule has 1 aliphatic heterocycles. The minimum Gasteiger partial charge on any atom is -0.382 e. The van der Waals surface area contributed by atoms with Crippen LogP contribution in [0.1, 0.15) is 25.8 Å². The van der Waals surface area contributed by atoms with Crippen molar-refractivity contribution in [1.82, 2.24) is 10.2 Å². The number of H-pyrrole nitrogens is 1. The molecule has 0 saturated carbocycles. The predicted octanol–water partition coefficient (Wildman–Crippen LogP) is 3.35. The molecule has 0 spiro atoms. The normalized spacial score (nSPS) is 15.3. The maximum Gasteiger partial charge on any atom is 0.253 e. The lowest BCUT2D eigenvalue weighted by Crippen LogP contribution is -2.41. The summed E-state index contributed by atoms with van der Waals surface area (Å²) in [5.74, 6) is 0.587. The van der Waals surface area contributed by atoms with Gasteiger partial charge in [-0.3, -0.25) is 14.7 Å². The van der Waals surface area contributed by atoms with Gasteiger partial charge in [-0.1, -0.05) is 19.9 Å². The zero-order valence-corrected chi connectivity index (χ0v) is 18.4. The van der Waals surface area contributed by atoms with Crippen LogP contribution in [-0.4, -0.2) is 41.8 Å². The van der Waals surface area contributed by atoms with Crippen molar-refractivity contribution in [3.8, 4) is 0 Å². The number of hydrogen-bond donors (Lipinski definition) is 3. The fourth-order valence-electron chi connectivity index (χ4n) is 4.11. The first-order chi connectivity index (χ1) is 15.4. The van der Waals surface area contributed by atoms with Crippen molar-refractivity contribution in [2.24, 2.45) is 11.8 Å². The van der Waals surface area contributed by atoms with Crippen LogP contribution in [0, 0.1) is 11.8 Å². The highest BCUT2D eigenvalue weighted by Gasteiger charge is 2.22. The van der Waals surface area contributed by atoms with E-state index in [1.807, 2.05) is 42.5 Å². The Morgan fingerprint density at radius 2 is 2.03 bits per heavy atom. The molecule has 4 N–H and O–H groups in total. The molecule has 1 aliphatic rings. The maximum atomic E-state index is 13.1. The minimum atomic E-state index is -0.180. The highest BCUT2D eigenvalue weighted by molar-refractivity contribution is 5.96. The number of ether oxygens (including phenoxy) is 1. The summed E-state index contributed by atoms with van der Waals surface area (Å²) < 4.78 is 5.18. The molecular weight excluding hydrogens is 406 g/mol. The highest BCUT2D eigenvalue weighted by atomic mass is 16.5. The van der Waals surface area contributed by atoms with E-state index in [0.29, 0.717) is 37.0 Å². The number of morpholine rings is 1. The molecule has 0 radical (unpaired) electrons. The molecule has 0 bridgehead atoms. The number of benzene rings is 2. The number of carbonyl (C=O) groups excluding carboxylic acids is 2. The molecule has 1 saturated heterocycles. The Bertz CT molecular complexity index is 1110. The van der Waals surface area contributed by atoms with Crippen molar-refractivity contribution >= 4 is 39.9 Å². The van der Waals surface area contributed by atoms with Crippen molar-refractivity contribution in [3.63, 3.8) is 0 Å². The molecule has 168 valence electrons. The standard InChI is InChI=1S/C24H29N5O3/c1-15(2)11-17(12-16-3-8-21-20(13-16)23(25)28-27-21)24(31)26-18-4-6-19(7-5-18)29-9-10-32-14-22(29)30/h3-8,13,15,17H,9-12,14H2,1-2H3,(H,26,31)(H3,25,27,28). The molecule has 0 aliphatic carbocycles. The second kappa shape index (κ2) is 9.40. The smallest absolute Gasteiger partial charge is 0.253 e. The van der Waals surface area contributed by atoms with E-state index in [2.05, 4.69) is 29.4 Å². The molecule has 1 unspecified atom stereocenters. The Morgan fingerprint density at radius 1 is 1.25 bits per heavy atom. The average Bonchev–Trinajstić information content (AvgIpc) is 3.14. The van der Waals surface area contributed by atoms with E-state index in [0.717, 1.165) is 28.6 Å². The number of rotatable bonds is 7. The third-order valence-electron chi connectivity index (χ3n) is 5.70. The number of anilines is 3. The molecule has 2 aromatic carbocycles. The first kappa shape index (κ1) is 21.8. The van der Waals surface area contributed by atoms with Gasteiger partial charge >= 0.3 is 0 Å². The lowest BCUT2D eigenvalue weighted by molar-refractivity contribution is -0.125. The molecule has 1 aromatic heterocycles. The number of aromatic nitrogens is 2. The van der Waals surface area contributed by atoms with Gasteiger partial charge in [-0.2, -0.15) is 5.10 Å². The highest BCUT2D eigenvalue weighted by Crippen LogP contribution is 2.25. The quantitative estimate of drug-likeness (QED) is 0.527. The van der Waals surface area contributed by atoms with E-state index in [1.54, 1.807) is 4.90 Å². The lowest BCUT2D eigenvalue weighted by atomic mass is 9.89. The Balaban J connectivity index is 1.46. The van der Waals surface area contributed by atoms with Crippen LogP contribution < -0.4 is 16.0 Å². The summed E-state index contributed by atoms with van der Waals surface area (Å²) in [7, 11) is 0. The molecule has 8 heteroatoms. The molecule has 32 heavy (non-hydrogen) atoms. The van der Waals surface area contributed by atoms with Gasteiger partial charge in [0.25, 0.3) is 5.91 Å². The van der Waals surface area contributed by atoms with Crippen LogP contribution in [0.4, 0.5) is 17.2 Å². The van der Waals surface area contributed by atoms with E-state index >= 15 is 0 Å². The van der Waals surface area contributed by atoms with E-state index in [9.17, 15) is 9.59 Å². The zero-order valence-electron chi connectivity index (χ0n) is 18.4. The van der Waals surface area contributed by atoms with Crippen molar-refractivity contribution in [2.75, 3.05) is 35.7 Å². The van der Waals surface area contributed by atoms with E-state index in [4.69, 9.17) is 10.5 Å². The molecular formula is C24H29N5O3. The largest absolute Gasteiger partial charge is 0.382 e. The number of fused-ring (bicyclic) bond motifs is 1. The Labute approximate surface area is 187 Å². The molecule has 3 aromatic rings. The van der Waals surface area contributed by atoms with Crippen LogP contribution in [0.25, 0.3) is 10.9 Å². The molecule has 2 amide bonds. The minimum absolute atomic E-state index is 0.0193. The predicted molar refractivity (Wildman–Crippen MR) is 125 cm³/mol. The Kier molecular flexibility index (Phi) is 6.41. The maximum absolute atomic E-state index is 13.1. The van der Waals surface area contributed by atoms with Crippen LogP contribution in [0.2, 0.25) is 0 Å². The summed E-state index contributed by atoms with van der Waals surface area (Å²) in [4.78, 5) is 26.9. The molecule has 4 rings (SSSR count). The van der Waals surface area contributed by atoms with E-state index in [1.165, 1.54) is 0 Å². The summed E-state index contributed by atoms with van der Waals surface area (Å²) in [5.41, 5.74) is 9.39. The van der Waals surface area contributed by atoms with Gasteiger partial charge in [0.1, 0.15) is 6.61 Å². The van der Waals surface area contributed by atoms with Gasteiger partial charge in [0.05, 0.1) is 12.1 Å². The third-order valence-corrected chi connectivity index (χ3v) is 5.70. The summed E-state index contributed by atoms with van der Waals surface area (Å²) in [6.07, 6.45) is 1.38. The van der Waals surface area contributed by atoms with E-state index in [-0.39, 0.29) is 24.3 Å². The second-order valence-corrected chi connectivity index (χ2v) is 8.65. The average molecular weight is 436 g/mol. The van der Waals surface area contributed by atoms with Crippen molar-refractivity contribution in [1.29, 1.82) is 0 Å². The fourth-order valence-corrected chi connectivity index (χ4v) is 4.11. The monoisotopic (exact) mass is 435 g/mol. The second-order valence-electron chi connectivity index (χ2n) is 8.65. The third kappa shape index (κ3) is 4.91. The molecule has 1 atom stereocenters. The van der Waals surface area contributed by atoms with Crippen LogP contribution in [0.5, 0.6) is 0 Å². The van der Waals surface area contributed by atoms with Gasteiger partial charge in [-0.05, 0) is 60.7 Å². The number of nitrogen functional groups attached to an aromatic ring is 1. The van der Waals surface area contributed by atoms with E-state index < -0.39 is 0 Å². The number of nitrogens with zero attached hydrogens (tertiary/aromatic N) is 2. The Morgan fingerprint density at radius 3 is 2.75 bits per heavy atom. The van der Waals surface area contributed by atoms with Crippen molar-refractivity contribution in [2.45, 2.75) is 26.7 Å². The van der Waals surface area contributed by atoms with Gasteiger partial charge in [0.15, 0.2) is 5.82 Å². The molecule has 1 fully saturated rings. The molecule has 8 nitrogen and oxygen atoms in total. The number of aromatic amines is 1. The SMILES string of the molecule is CC(C)CC(Cc1ccc2[nH]nc(N)c2c1)C(=O)Nc1ccc(N2CCOCC2=O)cc1. The summed E-state index contributed by atoms with van der Waals surface area (Å²) in [6, 6.07) is 13.3. The first-order valence-electron chi connectivity index (χ1n) is 10.9. The number of nitrogens with one attached hydrogen (secondary N) is 2. The summed E-state index contributed by atoms with van der Waals surface area (Å²) in [5, 5.41) is 10.9. The van der Waals surface area contributed by atoms with Crippen LogP contribution >= 0.6 is 0 Å². The van der Waals surface area contributed by atoms with Crippen LogP contribution in [0.15, 0.2) is 42.5 Å². The van der Waals surface area contributed by atoms with Gasteiger partial charge in [-0.15, -0.1) is 0 Å². The summed E-state index contributed by atoms with van der Waals surface area (Å²) >= 11 is 0. The summed E-state index contributed by atoms with van der Waals surface area (Å²) in [6.45, 7) is 5.40. The van der Waals surface area contributed by atoms with Gasteiger partial charge < -0.3 is 20.7 Å². The number of hydrogen-bond acceptors (Lipinski definition) is 5. The topological polar surface area (TPSA) is 113 Å². The van der Waals surface area contributed by atoms with Gasteiger partial charge in [-0.25, -0.2) is 0 Å². The lowest BCUT2D eigenvalue weighted by Gasteiger charge is -2.27. The first-order valence-corrected chi connectivity index (χ1v) is 10.9. The molecule has 2 heterocycles.